The van der Waals surface area contributed by atoms with Gasteiger partial charge in [-0.15, -0.1) is 0 Å². The van der Waals surface area contributed by atoms with Gasteiger partial charge in [0.15, 0.2) is 29.1 Å². The Morgan fingerprint density at radius 1 is 1.11 bits per heavy atom. The van der Waals surface area contributed by atoms with E-state index in [0.29, 0.717) is 6.42 Å². The van der Waals surface area contributed by atoms with Crippen LogP contribution in [0.5, 0.6) is 0 Å². The molecule has 0 radical (unpaired) electrons. The zero-order valence-corrected chi connectivity index (χ0v) is 25.5. The number of carbonyl (C=O) groups is 2. The number of fused-ring (bicyclic) bond motifs is 7. The van der Waals surface area contributed by atoms with Crippen LogP contribution in [0.25, 0.3) is 0 Å². The molecule has 7 nitrogen and oxygen atoms in total. The highest BCUT2D eigenvalue weighted by molar-refractivity contribution is 6.01. The smallest absolute Gasteiger partial charge is 0.193 e. The summed E-state index contributed by atoms with van der Waals surface area (Å²) in [5.74, 6) is -2.37. The maximum atomic E-state index is 17.6. The summed E-state index contributed by atoms with van der Waals surface area (Å²) in [6.07, 6.45) is 6.18. The van der Waals surface area contributed by atoms with Crippen LogP contribution in [0, 0.1) is 28.6 Å². The molecule has 0 spiro atoms. The summed E-state index contributed by atoms with van der Waals surface area (Å²) in [5.41, 5.74) is -3.87. The fraction of sp³-hybridized carbons (Fsp3) is 0.556. The minimum Gasteiger partial charge on any atom is -0.392 e. The Hall–Kier alpha value is -2.82. The first-order valence-corrected chi connectivity index (χ1v) is 15.9. The minimum atomic E-state index is -2.29. The molecule has 5 aliphatic carbocycles. The Labute approximate surface area is 261 Å². The van der Waals surface area contributed by atoms with Gasteiger partial charge in [-0.25, -0.2) is 8.78 Å². The van der Waals surface area contributed by atoms with Gasteiger partial charge >= 0.3 is 0 Å². The lowest BCUT2D eigenvalue weighted by Gasteiger charge is -2.63. The van der Waals surface area contributed by atoms with Crippen LogP contribution < -0.4 is 0 Å². The van der Waals surface area contributed by atoms with Crippen molar-refractivity contribution in [1.29, 1.82) is 0 Å². The van der Waals surface area contributed by atoms with Gasteiger partial charge in [-0.1, -0.05) is 55.5 Å². The van der Waals surface area contributed by atoms with Gasteiger partial charge in [-0.3, -0.25) is 9.59 Å². The van der Waals surface area contributed by atoms with Crippen LogP contribution in [-0.2, 0) is 32.1 Å². The van der Waals surface area contributed by atoms with Gasteiger partial charge in [0.05, 0.1) is 18.8 Å². The van der Waals surface area contributed by atoms with E-state index in [1.807, 2.05) is 36.4 Å². The number of ether oxygens (including phenoxy) is 2. The fourth-order valence-electron chi connectivity index (χ4n) is 9.88. The van der Waals surface area contributed by atoms with Crippen LogP contribution in [0.4, 0.5) is 8.78 Å². The number of alkyl halides is 2. The van der Waals surface area contributed by atoms with Crippen molar-refractivity contribution >= 4 is 11.6 Å². The first-order chi connectivity index (χ1) is 21.4. The van der Waals surface area contributed by atoms with E-state index >= 15 is 8.78 Å². The maximum Gasteiger partial charge on any atom is 0.193 e. The van der Waals surface area contributed by atoms with Gasteiger partial charge in [0.25, 0.3) is 0 Å². The monoisotopic (exact) mass is 622 g/mol. The average molecular weight is 623 g/mol. The molecule has 1 heterocycles. The van der Waals surface area contributed by atoms with E-state index in [2.05, 4.69) is 6.08 Å². The van der Waals surface area contributed by atoms with Crippen molar-refractivity contribution in [2.75, 3.05) is 6.61 Å². The summed E-state index contributed by atoms with van der Waals surface area (Å²) < 4.78 is 46.4. The Bertz CT molecular complexity index is 1550. The molecular formula is C36H40F2O7. The average Bonchev–Trinajstić information content (AvgIpc) is 3.53. The molecule has 7 rings (SSSR count). The summed E-state index contributed by atoms with van der Waals surface area (Å²) >= 11 is 0. The quantitative estimate of drug-likeness (QED) is 0.436. The molecule has 45 heavy (non-hydrogen) atoms. The Morgan fingerprint density at radius 2 is 1.89 bits per heavy atom. The first-order valence-electron chi connectivity index (χ1n) is 15.9. The van der Waals surface area contributed by atoms with Gasteiger partial charge < -0.3 is 24.8 Å². The summed E-state index contributed by atoms with van der Waals surface area (Å²) in [6.45, 7) is 2.49. The Balaban J connectivity index is 1.17. The lowest BCUT2D eigenvalue weighted by Crippen LogP contribution is -2.70. The number of hydrogen-bond donors (Lipinski definition) is 3. The molecule has 0 aromatic heterocycles. The number of hydrogen-bond acceptors (Lipinski definition) is 7. The second-order valence-electron chi connectivity index (χ2n) is 14.2. The van der Waals surface area contributed by atoms with E-state index in [1.54, 1.807) is 13.8 Å². The summed E-state index contributed by atoms with van der Waals surface area (Å²) in [4.78, 5) is 25.9. The van der Waals surface area contributed by atoms with Crippen molar-refractivity contribution in [1.82, 2.24) is 0 Å². The maximum absolute atomic E-state index is 17.6. The Kier molecular flexibility index (Phi) is 7.26. The predicted octanol–water partition coefficient (Wildman–Crippen LogP) is 4.19. The topological polar surface area (TPSA) is 113 Å². The van der Waals surface area contributed by atoms with Crippen molar-refractivity contribution in [2.45, 2.75) is 88.5 Å². The molecule has 9 heteroatoms. The molecule has 1 aromatic carbocycles. The van der Waals surface area contributed by atoms with Crippen LogP contribution in [0.1, 0.15) is 50.7 Å². The SMILES string of the molecule is C[C@]12C=CC(=O)C=C1[C@@H](F)C[C@H]1[C@@H]3C[C@H]4O[C@@H](C5=CCC(Cc6cccc(CO)c6)C=C5)O[C@@]4(C(=O)CO)[C@@]3(C)C[C@H](O)[C@@]12F. The zero-order valence-electron chi connectivity index (χ0n) is 25.5. The number of aliphatic hydroxyl groups excluding tert-OH is 3. The van der Waals surface area contributed by atoms with Crippen LogP contribution in [-0.4, -0.2) is 69.4 Å². The van der Waals surface area contributed by atoms with Crippen molar-refractivity contribution in [3.05, 3.63) is 83.0 Å². The third-order valence-corrected chi connectivity index (χ3v) is 12.1. The molecule has 1 aliphatic heterocycles. The molecule has 4 fully saturated rings. The highest BCUT2D eigenvalue weighted by Crippen LogP contribution is 2.72. The van der Waals surface area contributed by atoms with E-state index in [9.17, 15) is 24.9 Å². The normalized spacial score (nSPS) is 44.9. The van der Waals surface area contributed by atoms with Crippen molar-refractivity contribution in [3.63, 3.8) is 0 Å². The van der Waals surface area contributed by atoms with Crippen LogP contribution in [0.3, 0.4) is 0 Å². The molecule has 1 aromatic rings. The molecule has 3 N–H and O–H groups in total. The van der Waals surface area contributed by atoms with Crippen LogP contribution >= 0.6 is 0 Å². The number of Topliss-reactive ketones (excluding diaryl/α,β-unsaturated/α-hetero) is 1. The zero-order chi connectivity index (χ0) is 31.9. The molecule has 0 amide bonds. The molecule has 1 unspecified atom stereocenters. The number of allylic oxidation sites excluding steroid dienone is 6. The second-order valence-corrected chi connectivity index (χ2v) is 14.2. The largest absolute Gasteiger partial charge is 0.392 e. The lowest BCUT2D eigenvalue weighted by molar-refractivity contribution is -0.231. The predicted molar refractivity (Wildman–Crippen MR) is 160 cm³/mol. The summed E-state index contributed by atoms with van der Waals surface area (Å²) in [7, 11) is 0. The van der Waals surface area contributed by atoms with Crippen molar-refractivity contribution in [2.24, 2.45) is 28.6 Å². The summed E-state index contributed by atoms with van der Waals surface area (Å²) in [5, 5.41) is 31.3. The lowest BCUT2D eigenvalue weighted by atomic mass is 9.44. The van der Waals surface area contributed by atoms with Crippen molar-refractivity contribution in [3.8, 4) is 0 Å². The number of halogens is 2. The Morgan fingerprint density at radius 3 is 2.60 bits per heavy atom. The van der Waals surface area contributed by atoms with Crippen LogP contribution in [0.15, 0.2) is 71.9 Å². The van der Waals surface area contributed by atoms with Gasteiger partial charge in [-0.2, -0.15) is 0 Å². The summed E-state index contributed by atoms with van der Waals surface area (Å²) in [6, 6.07) is 7.83. The highest BCUT2D eigenvalue weighted by Gasteiger charge is 2.80. The number of aliphatic hydroxyl groups is 3. The van der Waals surface area contributed by atoms with E-state index in [1.165, 1.54) is 12.2 Å². The van der Waals surface area contributed by atoms with Crippen molar-refractivity contribution < 1.29 is 43.2 Å². The van der Waals surface area contributed by atoms with E-state index in [4.69, 9.17) is 9.47 Å². The third-order valence-electron chi connectivity index (χ3n) is 12.1. The second kappa shape index (κ2) is 10.6. The standard InChI is InChI=1S/C36H40F2O7/c1-33-11-10-24(41)14-27(33)28(37)15-26-25-16-31-36(30(43)19-40,34(25,2)17-29(42)35(26,33)38)45-32(44-31)23-8-6-20(7-9-23)12-21-4-3-5-22(13-21)18-39/h3-6,8-11,13-14,20,25-26,28-29,31-32,39-40,42H,7,12,15-19H2,1-2H3/t20?,25-,26-,28-,29-,31+,32+,33-,34-,35-,36+/m0/s1. The molecular weight excluding hydrogens is 582 g/mol. The van der Waals surface area contributed by atoms with Crippen LogP contribution in [0.2, 0.25) is 0 Å². The number of benzene rings is 1. The fourth-order valence-corrected chi connectivity index (χ4v) is 9.88. The van der Waals surface area contributed by atoms with Gasteiger partial charge in [0, 0.05) is 22.3 Å². The number of carbonyl (C=O) groups excluding carboxylic acids is 2. The molecule has 240 valence electrons. The van der Waals surface area contributed by atoms with E-state index in [0.717, 1.165) is 29.2 Å². The molecule has 0 bridgehead atoms. The minimum absolute atomic E-state index is 0.0160. The molecule has 1 saturated heterocycles. The van der Waals surface area contributed by atoms with Gasteiger partial charge in [0.2, 0.25) is 0 Å². The first kappa shape index (κ1) is 30.8. The van der Waals surface area contributed by atoms with E-state index < -0.39 is 76.8 Å². The number of ketones is 2. The molecule has 11 atom stereocenters. The molecule has 6 aliphatic rings. The molecule has 3 saturated carbocycles. The number of rotatable bonds is 6. The van der Waals surface area contributed by atoms with E-state index in [-0.39, 0.29) is 37.4 Å². The van der Waals surface area contributed by atoms with Gasteiger partial charge in [0.1, 0.15) is 12.8 Å². The highest BCUT2D eigenvalue weighted by atomic mass is 19.1. The van der Waals surface area contributed by atoms with Gasteiger partial charge in [-0.05, 0) is 79.7 Å². The third kappa shape index (κ3) is 4.17.